The van der Waals surface area contributed by atoms with Crippen molar-refractivity contribution < 1.29 is 9.53 Å². The molecule has 0 N–H and O–H groups in total. The number of piperazine rings is 1. The van der Waals surface area contributed by atoms with Crippen molar-refractivity contribution in [2.45, 2.75) is 6.42 Å². The minimum atomic E-state index is -0.0445. The average molecular weight is 349 g/mol. The van der Waals surface area contributed by atoms with Gasteiger partial charge in [0, 0.05) is 32.7 Å². The van der Waals surface area contributed by atoms with Crippen molar-refractivity contribution in [3.05, 3.63) is 65.2 Å². The van der Waals surface area contributed by atoms with Gasteiger partial charge in [0.25, 0.3) is 5.91 Å². The molecular weight excluding hydrogens is 326 g/mol. The number of ether oxygens (including phenoxy) is 1. The third kappa shape index (κ3) is 4.22. The summed E-state index contributed by atoms with van der Waals surface area (Å²) in [6.07, 6.45) is 0.981. The van der Waals surface area contributed by atoms with E-state index in [1.165, 1.54) is 5.56 Å². The van der Waals surface area contributed by atoms with Gasteiger partial charge in [0.1, 0.15) is 5.75 Å². The van der Waals surface area contributed by atoms with E-state index < -0.39 is 0 Å². The minimum Gasteiger partial charge on any atom is -0.497 e. The molecule has 2 aromatic carbocycles. The van der Waals surface area contributed by atoms with Crippen LogP contribution < -0.4 is 4.74 Å². The maximum absolute atomic E-state index is 12.7. The number of methoxy groups -OCH3 is 1. The maximum Gasteiger partial charge on any atom is 0.255 e. The molecule has 5 heteroatoms. The van der Waals surface area contributed by atoms with Gasteiger partial charge in [-0.25, -0.2) is 0 Å². The standard InChI is InChI=1S/C21H23N3O2/c1-26-19-8-6-17(7-9-19)10-11-23-12-14-24(15-13-23)21(25)20-5-3-2-4-18(20)16-22/h2-9H,10-15H2,1H3. The second kappa shape index (κ2) is 8.50. The fourth-order valence-electron chi connectivity index (χ4n) is 3.19. The van der Waals surface area contributed by atoms with E-state index in [4.69, 9.17) is 4.74 Å². The first-order chi connectivity index (χ1) is 12.7. The molecule has 0 saturated carbocycles. The molecule has 3 rings (SSSR count). The van der Waals surface area contributed by atoms with Crippen molar-refractivity contribution in [2.75, 3.05) is 39.8 Å². The van der Waals surface area contributed by atoms with Gasteiger partial charge in [0.2, 0.25) is 0 Å². The van der Waals surface area contributed by atoms with Crippen molar-refractivity contribution in [2.24, 2.45) is 0 Å². The normalized spacial score (nSPS) is 14.7. The Morgan fingerprint density at radius 2 is 1.77 bits per heavy atom. The van der Waals surface area contributed by atoms with Crippen molar-refractivity contribution in [3.63, 3.8) is 0 Å². The molecule has 0 bridgehead atoms. The molecule has 0 unspecified atom stereocenters. The summed E-state index contributed by atoms with van der Waals surface area (Å²) < 4.78 is 5.18. The maximum atomic E-state index is 12.7. The number of nitriles is 1. The third-order valence-electron chi connectivity index (χ3n) is 4.81. The lowest BCUT2D eigenvalue weighted by atomic mass is 10.1. The summed E-state index contributed by atoms with van der Waals surface area (Å²) in [5.41, 5.74) is 2.23. The van der Waals surface area contributed by atoms with Gasteiger partial charge < -0.3 is 9.64 Å². The van der Waals surface area contributed by atoms with E-state index in [1.807, 2.05) is 17.0 Å². The Hall–Kier alpha value is -2.84. The molecule has 1 amide bonds. The first kappa shape index (κ1) is 18.0. The quantitative estimate of drug-likeness (QED) is 0.832. The monoisotopic (exact) mass is 349 g/mol. The molecule has 5 nitrogen and oxygen atoms in total. The summed E-state index contributed by atoms with van der Waals surface area (Å²) in [7, 11) is 1.67. The second-order valence-electron chi connectivity index (χ2n) is 6.39. The van der Waals surface area contributed by atoms with Gasteiger partial charge in [-0.1, -0.05) is 24.3 Å². The Morgan fingerprint density at radius 1 is 1.08 bits per heavy atom. The fourth-order valence-corrected chi connectivity index (χ4v) is 3.19. The zero-order chi connectivity index (χ0) is 18.4. The van der Waals surface area contributed by atoms with Gasteiger partial charge in [-0.3, -0.25) is 9.69 Å². The predicted octanol–water partition coefficient (Wildman–Crippen LogP) is 2.57. The summed E-state index contributed by atoms with van der Waals surface area (Å²) >= 11 is 0. The molecule has 2 aromatic rings. The van der Waals surface area contributed by atoms with E-state index in [0.29, 0.717) is 24.2 Å². The number of benzene rings is 2. The average Bonchev–Trinajstić information content (AvgIpc) is 2.72. The highest BCUT2D eigenvalue weighted by molar-refractivity contribution is 5.96. The Labute approximate surface area is 154 Å². The molecule has 0 aromatic heterocycles. The molecule has 0 atom stereocenters. The molecule has 1 fully saturated rings. The van der Waals surface area contributed by atoms with Gasteiger partial charge >= 0.3 is 0 Å². The zero-order valence-corrected chi connectivity index (χ0v) is 15.0. The molecule has 26 heavy (non-hydrogen) atoms. The number of rotatable bonds is 5. The molecule has 1 saturated heterocycles. The molecule has 0 spiro atoms. The highest BCUT2D eigenvalue weighted by atomic mass is 16.5. The molecule has 0 aliphatic carbocycles. The van der Waals surface area contributed by atoms with E-state index in [2.05, 4.69) is 23.1 Å². The summed E-state index contributed by atoms with van der Waals surface area (Å²) in [6.45, 7) is 4.08. The molecular formula is C21H23N3O2. The summed E-state index contributed by atoms with van der Waals surface area (Å²) in [4.78, 5) is 16.9. The molecule has 1 heterocycles. The Kier molecular flexibility index (Phi) is 5.88. The van der Waals surface area contributed by atoms with Crippen LogP contribution in [0.5, 0.6) is 5.75 Å². The number of nitrogens with zero attached hydrogens (tertiary/aromatic N) is 3. The molecule has 1 aliphatic rings. The number of hydrogen-bond donors (Lipinski definition) is 0. The van der Waals surface area contributed by atoms with Crippen LogP contribution in [-0.2, 0) is 6.42 Å². The summed E-state index contributed by atoms with van der Waals surface area (Å²) in [5.74, 6) is 0.829. The molecule has 1 aliphatic heterocycles. The lowest BCUT2D eigenvalue weighted by Crippen LogP contribution is -2.49. The van der Waals surface area contributed by atoms with Crippen molar-refractivity contribution in [3.8, 4) is 11.8 Å². The molecule has 0 radical (unpaired) electrons. The zero-order valence-electron chi connectivity index (χ0n) is 15.0. The van der Waals surface area contributed by atoms with Crippen LogP contribution in [0.3, 0.4) is 0 Å². The van der Waals surface area contributed by atoms with E-state index in [-0.39, 0.29) is 5.91 Å². The van der Waals surface area contributed by atoms with E-state index in [9.17, 15) is 10.1 Å². The minimum absolute atomic E-state index is 0.0445. The van der Waals surface area contributed by atoms with Crippen LogP contribution in [0, 0.1) is 11.3 Å². The highest BCUT2D eigenvalue weighted by Gasteiger charge is 2.23. The largest absolute Gasteiger partial charge is 0.497 e. The van der Waals surface area contributed by atoms with Gasteiger partial charge in [-0.05, 0) is 36.2 Å². The summed E-state index contributed by atoms with van der Waals surface area (Å²) in [5, 5.41) is 9.18. The van der Waals surface area contributed by atoms with E-state index in [1.54, 1.807) is 31.4 Å². The smallest absolute Gasteiger partial charge is 0.255 e. The number of carbonyl (C=O) groups is 1. The van der Waals surface area contributed by atoms with Gasteiger partial charge in [-0.15, -0.1) is 0 Å². The van der Waals surface area contributed by atoms with Crippen molar-refractivity contribution in [1.82, 2.24) is 9.80 Å². The first-order valence-electron chi connectivity index (χ1n) is 8.85. The topological polar surface area (TPSA) is 56.6 Å². The van der Waals surface area contributed by atoms with Gasteiger partial charge in [0.15, 0.2) is 0 Å². The van der Waals surface area contributed by atoms with Crippen molar-refractivity contribution in [1.29, 1.82) is 5.26 Å². The Balaban J connectivity index is 1.51. The predicted molar refractivity (Wildman–Crippen MR) is 100 cm³/mol. The number of amides is 1. The van der Waals surface area contributed by atoms with Crippen LogP contribution in [0.25, 0.3) is 0 Å². The SMILES string of the molecule is COc1ccc(CCN2CCN(C(=O)c3ccccc3C#N)CC2)cc1. The summed E-state index contributed by atoms with van der Waals surface area (Å²) in [6, 6.07) is 17.3. The fraction of sp³-hybridized carbons (Fsp3) is 0.333. The Bertz CT molecular complexity index is 788. The first-order valence-corrected chi connectivity index (χ1v) is 8.85. The van der Waals surface area contributed by atoms with Crippen LogP contribution in [0.15, 0.2) is 48.5 Å². The number of carbonyl (C=O) groups excluding carboxylic acids is 1. The van der Waals surface area contributed by atoms with E-state index in [0.717, 1.165) is 31.8 Å². The lowest BCUT2D eigenvalue weighted by molar-refractivity contribution is 0.0638. The van der Waals surface area contributed by atoms with Gasteiger partial charge in [-0.2, -0.15) is 5.26 Å². The van der Waals surface area contributed by atoms with E-state index >= 15 is 0 Å². The third-order valence-corrected chi connectivity index (χ3v) is 4.81. The van der Waals surface area contributed by atoms with Gasteiger partial charge in [0.05, 0.1) is 24.3 Å². The van der Waals surface area contributed by atoms with Crippen LogP contribution in [0.4, 0.5) is 0 Å². The number of hydrogen-bond acceptors (Lipinski definition) is 4. The Morgan fingerprint density at radius 3 is 2.42 bits per heavy atom. The van der Waals surface area contributed by atoms with Crippen LogP contribution in [0.2, 0.25) is 0 Å². The highest BCUT2D eigenvalue weighted by Crippen LogP contribution is 2.15. The van der Waals surface area contributed by atoms with Crippen LogP contribution in [0.1, 0.15) is 21.5 Å². The lowest BCUT2D eigenvalue weighted by Gasteiger charge is -2.35. The second-order valence-corrected chi connectivity index (χ2v) is 6.39. The molecule has 134 valence electrons. The van der Waals surface area contributed by atoms with Crippen LogP contribution in [-0.4, -0.2) is 55.5 Å². The van der Waals surface area contributed by atoms with Crippen molar-refractivity contribution >= 4 is 5.91 Å². The van der Waals surface area contributed by atoms with Crippen LogP contribution >= 0.6 is 0 Å².